The van der Waals surface area contributed by atoms with E-state index in [0.717, 1.165) is 23.4 Å². The first-order valence-electron chi connectivity index (χ1n) is 7.62. The minimum Gasteiger partial charge on any atom is -0.307 e. The van der Waals surface area contributed by atoms with Gasteiger partial charge in [0.15, 0.2) is 6.29 Å². The number of allylic oxidation sites excluding steroid dienone is 1. The van der Waals surface area contributed by atoms with Crippen molar-refractivity contribution in [2.24, 2.45) is 5.92 Å². The van der Waals surface area contributed by atoms with Gasteiger partial charge in [-0.2, -0.15) is 0 Å². The molecule has 0 aliphatic carbocycles. The summed E-state index contributed by atoms with van der Waals surface area (Å²) in [5.74, 6) is -0.836. The molecule has 1 saturated heterocycles. The van der Waals surface area contributed by atoms with Gasteiger partial charge in [0.05, 0.1) is 11.6 Å². The van der Waals surface area contributed by atoms with Crippen LogP contribution in [0.2, 0.25) is 5.02 Å². The van der Waals surface area contributed by atoms with Crippen LogP contribution in [0, 0.1) is 5.92 Å². The lowest BCUT2D eigenvalue weighted by Crippen LogP contribution is -2.44. The number of ketones is 1. The highest BCUT2D eigenvalue weighted by Gasteiger charge is 2.45. The van der Waals surface area contributed by atoms with Gasteiger partial charge >= 0.3 is 0 Å². The Hall–Kier alpha value is -1.85. The summed E-state index contributed by atoms with van der Waals surface area (Å²) in [6.07, 6.45) is 1.18. The van der Waals surface area contributed by atoms with Gasteiger partial charge in [-0.1, -0.05) is 24.6 Å². The van der Waals surface area contributed by atoms with Gasteiger partial charge in [0.25, 0.3) is 0 Å². The van der Waals surface area contributed by atoms with Crippen molar-refractivity contribution in [3.05, 3.63) is 40.6 Å². The number of carbonyl (C=O) groups is 2. The normalized spacial score (nSPS) is 25.8. The molecule has 0 aromatic heterocycles. The van der Waals surface area contributed by atoms with Crippen LogP contribution in [0.3, 0.4) is 0 Å². The summed E-state index contributed by atoms with van der Waals surface area (Å²) in [4.78, 5) is 23.1. The maximum atomic E-state index is 12.1. The number of nitrogens with one attached hydrogen (secondary N) is 3. The topological polar surface area (TPSA) is 70.2 Å². The zero-order valence-electron chi connectivity index (χ0n) is 13.6. The Morgan fingerprint density at radius 1 is 1.52 bits per heavy atom. The fourth-order valence-electron chi connectivity index (χ4n) is 2.93. The number of hydrogen-bond donors (Lipinski definition) is 3. The van der Waals surface area contributed by atoms with Crippen LogP contribution < -0.4 is 16.2 Å². The molecule has 1 fully saturated rings. The van der Waals surface area contributed by atoms with Crippen LogP contribution in [0.4, 0.5) is 5.69 Å². The number of anilines is 1. The highest BCUT2D eigenvalue weighted by atomic mass is 35.5. The van der Waals surface area contributed by atoms with Crippen LogP contribution in [0.5, 0.6) is 0 Å². The molecule has 1 aromatic rings. The fraction of sp³-hybridized carbons (Fsp3) is 0.412. The zero-order valence-corrected chi connectivity index (χ0v) is 14.3. The van der Waals surface area contributed by atoms with E-state index < -0.39 is 17.2 Å². The van der Waals surface area contributed by atoms with E-state index in [2.05, 4.69) is 16.2 Å². The molecule has 6 heteroatoms. The fourth-order valence-corrected chi connectivity index (χ4v) is 3.12. The Morgan fingerprint density at radius 3 is 2.87 bits per heavy atom. The predicted molar refractivity (Wildman–Crippen MR) is 92.2 cm³/mol. The summed E-state index contributed by atoms with van der Waals surface area (Å²) >= 11 is 5.95. The van der Waals surface area contributed by atoms with Gasteiger partial charge in [0, 0.05) is 22.8 Å². The molecule has 3 N–H and O–H groups in total. The number of aldehydes is 1. The molecule has 2 unspecified atom stereocenters. The Bertz CT molecular complexity index is 644. The first kappa shape index (κ1) is 17.5. The number of benzene rings is 1. The maximum Gasteiger partial charge on any atom is 0.204 e. The number of rotatable bonds is 6. The molecule has 5 nitrogen and oxygen atoms in total. The van der Waals surface area contributed by atoms with Gasteiger partial charge in [-0.05, 0) is 44.0 Å². The van der Waals surface area contributed by atoms with Crippen molar-refractivity contribution in [1.29, 1.82) is 0 Å². The van der Waals surface area contributed by atoms with Crippen LogP contribution in [0.1, 0.15) is 27.2 Å². The monoisotopic (exact) mass is 335 g/mol. The Morgan fingerprint density at radius 2 is 2.26 bits per heavy atom. The summed E-state index contributed by atoms with van der Waals surface area (Å²) in [7, 11) is 0. The zero-order chi connectivity index (χ0) is 17.0. The van der Waals surface area contributed by atoms with E-state index in [1.54, 1.807) is 12.1 Å². The standard InChI is InChI=1S/C17H22ClN3O2/c1-4-17(3)16(15(23)10-22)14(9-19-17)11(2)20-21-13-7-5-6-12(18)8-13/h5-8,10,16,19-21H,4,9H2,1-3H3. The molecule has 0 bridgehead atoms. The molecule has 1 aromatic carbocycles. The molecule has 23 heavy (non-hydrogen) atoms. The second kappa shape index (κ2) is 7.15. The van der Waals surface area contributed by atoms with Crippen LogP contribution in [0.15, 0.2) is 35.5 Å². The average molecular weight is 336 g/mol. The molecule has 0 amide bonds. The molecular formula is C17H22ClN3O2. The van der Waals surface area contributed by atoms with Gasteiger partial charge in [0.1, 0.15) is 0 Å². The first-order valence-corrected chi connectivity index (χ1v) is 8.00. The van der Waals surface area contributed by atoms with Crippen molar-refractivity contribution >= 4 is 29.4 Å². The predicted octanol–water partition coefficient (Wildman–Crippen LogP) is 2.69. The van der Waals surface area contributed by atoms with Crippen molar-refractivity contribution in [3.63, 3.8) is 0 Å². The highest BCUT2D eigenvalue weighted by Crippen LogP contribution is 2.35. The van der Waals surface area contributed by atoms with Gasteiger partial charge in [-0.15, -0.1) is 0 Å². The summed E-state index contributed by atoms with van der Waals surface area (Å²) < 4.78 is 0. The highest BCUT2D eigenvalue weighted by molar-refractivity contribution is 6.30. The third kappa shape index (κ3) is 3.74. The van der Waals surface area contributed by atoms with Crippen LogP contribution >= 0.6 is 11.6 Å². The molecule has 1 heterocycles. The van der Waals surface area contributed by atoms with E-state index in [1.807, 2.05) is 32.9 Å². The van der Waals surface area contributed by atoms with Gasteiger partial charge < -0.3 is 16.2 Å². The van der Waals surface area contributed by atoms with E-state index in [1.165, 1.54) is 0 Å². The lowest BCUT2D eigenvalue weighted by atomic mass is 9.79. The second-order valence-electron chi connectivity index (χ2n) is 5.99. The van der Waals surface area contributed by atoms with Crippen LogP contribution in [0.25, 0.3) is 0 Å². The van der Waals surface area contributed by atoms with E-state index >= 15 is 0 Å². The van der Waals surface area contributed by atoms with E-state index in [0.29, 0.717) is 17.9 Å². The molecular weight excluding hydrogens is 314 g/mol. The molecule has 0 saturated carbocycles. The maximum absolute atomic E-state index is 12.1. The average Bonchev–Trinajstić information content (AvgIpc) is 2.90. The summed E-state index contributed by atoms with van der Waals surface area (Å²) in [5.41, 5.74) is 8.32. The minimum atomic E-state index is -0.446. The number of carbonyl (C=O) groups excluding carboxylic acids is 2. The third-order valence-electron chi connectivity index (χ3n) is 4.50. The van der Waals surface area contributed by atoms with E-state index in [9.17, 15) is 9.59 Å². The van der Waals surface area contributed by atoms with Gasteiger partial charge in [0.2, 0.25) is 5.78 Å². The smallest absolute Gasteiger partial charge is 0.204 e. The summed E-state index contributed by atoms with van der Waals surface area (Å²) in [6, 6.07) is 7.32. The summed E-state index contributed by atoms with van der Waals surface area (Å²) in [6.45, 7) is 6.45. The molecule has 2 rings (SSSR count). The molecule has 1 aliphatic heterocycles. The molecule has 124 valence electrons. The molecule has 0 radical (unpaired) electrons. The minimum absolute atomic E-state index is 0.391. The quantitative estimate of drug-likeness (QED) is 0.423. The number of halogens is 1. The van der Waals surface area contributed by atoms with Crippen LogP contribution in [-0.2, 0) is 9.59 Å². The molecule has 2 atom stereocenters. The Balaban J connectivity index is 2.20. The third-order valence-corrected chi connectivity index (χ3v) is 4.74. The van der Waals surface area contributed by atoms with E-state index in [4.69, 9.17) is 11.6 Å². The van der Waals surface area contributed by atoms with Crippen molar-refractivity contribution < 1.29 is 9.59 Å². The van der Waals surface area contributed by atoms with Crippen molar-refractivity contribution in [2.75, 3.05) is 12.0 Å². The Kier molecular flexibility index (Phi) is 5.44. The summed E-state index contributed by atoms with van der Waals surface area (Å²) in [5, 5.41) is 4.00. The van der Waals surface area contributed by atoms with Crippen molar-refractivity contribution in [1.82, 2.24) is 10.7 Å². The van der Waals surface area contributed by atoms with Gasteiger partial charge in [-0.25, -0.2) is 0 Å². The lowest BCUT2D eigenvalue weighted by Gasteiger charge is -2.29. The number of hydrazine groups is 1. The molecule has 1 aliphatic rings. The van der Waals surface area contributed by atoms with Crippen molar-refractivity contribution in [2.45, 2.75) is 32.7 Å². The first-order chi connectivity index (χ1) is 10.9. The molecule has 0 spiro atoms. The SMILES string of the molecule is CCC1(C)NCC(=C(C)NNc2cccc(Cl)c2)C1C(=O)C=O. The second-order valence-corrected chi connectivity index (χ2v) is 6.42. The van der Waals surface area contributed by atoms with Crippen LogP contribution in [-0.4, -0.2) is 24.2 Å². The Labute approximate surface area is 141 Å². The van der Waals surface area contributed by atoms with E-state index in [-0.39, 0.29) is 0 Å². The number of hydrogen-bond acceptors (Lipinski definition) is 5. The van der Waals surface area contributed by atoms with Gasteiger partial charge in [-0.3, -0.25) is 9.59 Å². The lowest BCUT2D eigenvalue weighted by molar-refractivity contribution is -0.132. The van der Waals surface area contributed by atoms with Crippen molar-refractivity contribution in [3.8, 4) is 0 Å². The number of Topliss-reactive ketones (excluding diaryl/α,β-unsaturated/α-hetero) is 1. The largest absolute Gasteiger partial charge is 0.307 e.